The normalized spacial score (nSPS) is 12.3. The smallest absolute Gasteiger partial charge is 0.120 e. The molecule has 0 aliphatic heterocycles. The first-order valence-electron chi connectivity index (χ1n) is 6.46. The Bertz CT molecular complexity index is 525. The van der Waals surface area contributed by atoms with Gasteiger partial charge in [-0.1, -0.05) is 48.9 Å². The molecule has 2 aromatic carbocycles. The lowest BCUT2D eigenvalue weighted by atomic mass is 10.0. The Kier molecular flexibility index (Phi) is 4.83. The summed E-state index contributed by atoms with van der Waals surface area (Å²) in [4.78, 5) is 0. The van der Waals surface area contributed by atoms with E-state index in [1.165, 1.54) is 5.56 Å². The molecule has 100 valence electrons. The number of halogens is 1. The van der Waals surface area contributed by atoms with E-state index in [0.29, 0.717) is 12.3 Å². The molecular formula is C16H18ClNO. The summed E-state index contributed by atoms with van der Waals surface area (Å²) < 4.78 is 0. The number of phenolic OH excluding ortho intramolecular Hbond substituents is 1. The predicted octanol–water partition coefficient (Wildman–Crippen LogP) is 4.29. The zero-order valence-electron chi connectivity index (χ0n) is 10.9. The van der Waals surface area contributed by atoms with Gasteiger partial charge in [-0.2, -0.15) is 0 Å². The van der Waals surface area contributed by atoms with E-state index < -0.39 is 0 Å². The van der Waals surface area contributed by atoms with Crippen molar-refractivity contribution in [1.82, 2.24) is 5.32 Å². The Labute approximate surface area is 119 Å². The molecule has 2 aromatic rings. The van der Waals surface area contributed by atoms with Crippen LogP contribution in [0.3, 0.4) is 0 Å². The van der Waals surface area contributed by atoms with Gasteiger partial charge in [0.15, 0.2) is 0 Å². The minimum atomic E-state index is 0.261. The number of aromatic hydroxyl groups is 1. The largest absolute Gasteiger partial charge is 0.508 e. The molecule has 0 radical (unpaired) electrons. The van der Waals surface area contributed by atoms with Crippen LogP contribution in [-0.4, -0.2) is 5.11 Å². The van der Waals surface area contributed by atoms with E-state index in [1.807, 2.05) is 42.5 Å². The maximum atomic E-state index is 9.75. The molecule has 0 aliphatic carbocycles. The van der Waals surface area contributed by atoms with Crippen molar-refractivity contribution in [3.8, 4) is 5.75 Å². The molecule has 19 heavy (non-hydrogen) atoms. The molecule has 1 atom stereocenters. The van der Waals surface area contributed by atoms with Gasteiger partial charge in [-0.25, -0.2) is 0 Å². The van der Waals surface area contributed by atoms with Gasteiger partial charge < -0.3 is 10.4 Å². The highest BCUT2D eigenvalue weighted by Crippen LogP contribution is 2.21. The number of hydrogen-bond donors (Lipinski definition) is 2. The number of phenols is 1. The van der Waals surface area contributed by atoms with Crippen molar-refractivity contribution in [2.24, 2.45) is 0 Å². The quantitative estimate of drug-likeness (QED) is 0.853. The molecule has 0 amide bonds. The molecule has 0 bridgehead atoms. The average Bonchev–Trinajstić information content (AvgIpc) is 2.43. The molecule has 2 rings (SSSR count). The van der Waals surface area contributed by atoms with Gasteiger partial charge in [0, 0.05) is 23.2 Å². The molecule has 1 unspecified atom stereocenters. The molecule has 0 fully saturated rings. The Morgan fingerprint density at radius 3 is 2.42 bits per heavy atom. The van der Waals surface area contributed by atoms with Crippen LogP contribution in [0.15, 0.2) is 48.5 Å². The van der Waals surface area contributed by atoms with E-state index in [9.17, 15) is 5.11 Å². The first-order chi connectivity index (χ1) is 9.20. The summed E-state index contributed by atoms with van der Waals surface area (Å²) >= 11 is 5.90. The average molecular weight is 276 g/mol. The second-order valence-corrected chi connectivity index (χ2v) is 4.96. The van der Waals surface area contributed by atoms with Gasteiger partial charge in [-0.05, 0) is 30.2 Å². The standard InChI is InChI=1S/C16H18ClNO/c1-2-15(12-7-9-14(17)10-8-12)18-11-13-5-3-4-6-16(13)19/h3-10,15,18-19H,2,11H2,1H3. The molecule has 0 saturated carbocycles. The molecule has 0 spiro atoms. The van der Waals surface area contributed by atoms with Crippen LogP contribution in [0.4, 0.5) is 0 Å². The fourth-order valence-electron chi connectivity index (χ4n) is 2.09. The van der Waals surface area contributed by atoms with Crippen LogP contribution in [0, 0.1) is 0 Å². The summed E-state index contributed by atoms with van der Waals surface area (Å²) in [6, 6.07) is 15.5. The lowest BCUT2D eigenvalue weighted by molar-refractivity contribution is 0.455. The lowest BCUT2D eigenvalue weighted by Crippen LogP contribution is -2.20. The zero-order valence-corrected chi connectivity index (χ0v) is 11.7. The van der Waals surface area contributed by atoms with Gasteiger partial charge in [-0.3, -0.25) is 0 Å². The van der Waals surface area contributed by atoms with E-state index in [0.717, 1.165) is 17.0 Å². The number of rotatable bonds is 5. The predicted molar refractivity (Wildman–Crippen MR) is 79.4 cm³/mol. The zero-order chi connectivity index (χ0) is 13.7. The Morgan fingerprint density at radius 2 is 1.79 bits per heavy atom. The van der Waals surface area contributed by atoms with Gasteiger partial charge in [0.2, 0.25) is 0 Å². The van der Waals surface area contributed by atoms with Crippen LogP contribution in [0.5, 0.6) is 5.75 Å². The molecule has 0 saturated heterocycles. The number of para-hydroxylation sites is 1. The van der Waals surface area contributed by atoms with E-state index in [2.05, 4.69) is 12.2 Å². The van der Waals surface area contributed by atoms with Crippen LogP contribution in [0.25, 0.3) is 0 Å². The molecule has 0 aliphatic rings. The molecule has 3 heteroatoms. The van der Waals surface area contributed by atoms with Crippen molar-refractivity contribution in [3.63, 3.8) is 0 Å². The summed E-state index contributed by atoms with van der Waals surface area (Å²) in [5.74, 6) is 0.334. The van der Waals surface area contributed by atoms with Crippen molar-refractivity contribution in [1.29, 1.82) is 0 Å². The van der Waals surface area contributed by atoms with Crippen molar-refractivity contribution < 1.29 is 5.11 Å². The number of benzene rings is 2. The highest BCUT2D eigenvalue weighted by atomic mass is 35.5. The summed E-state index contributed by atoms with van der Waals surface area (Å²) in [5.41, 5.74) is 2.12. The van der Waals surface area contributed by atoms with Crippen LogP contribution < -0.4 is 5.32 Å². The number of nitrogens with one attached hydrogen (secondary N) is 1. The van der Waals surface area contributed by atoms with Gasteiger partial charge in [0.25, 0.3) is 0 Å². The highest BCUT2D eigenvalue weighted by Gasteiger charge is 2.09. The fraction of sp³-hybridized carbons (Fsp3) is 0.250. The van der Waals surface area contributed by atoms with Gasteiger partial charge in [0.1, 0.15) is 5.75 Å². The van der Waals surface area contributed by atoms with Crippen LogP contribution in [0.2, 0.25) is 5.02 Å². The topological polar surface area (TPSA) is 32.3 Å². The third-order valence-corrected chi connectivity index (χ3v) is 3.46. The molecule has 2 N–H and O–H groups in total. The van der Waals surface area contributed by atoms with E-state index in [-0.39, 0.29) is 6.04 Å². The van der Waals surface area contributed by atoms with E-state index in [1.54, 1.807) is 6.07 Å². The first-order valence-corrected chi connectivity index (χ1v) is 6.84. The van der Waals surface area contributed by atoms with Crippen molar-refractivity contribution in [2.45, 2.75) is 25.9 Å². The minimum Gasteiger partial charge on any atom is -0.508 e. The van der Waals surface area contributed by atoms with Crippen LogP contribution >= 0.6 is 11.6 Å². The van der Waals surface area contributed by atoms with Crippen LogP contribution in [-0.2, 0) is 6.54 Å². The second-order valence-electron chi connectivity index (χ2n) is 4.52. The van der Waals surface area contributed by atoms with E-state index >= 15 is 0 Å². The SMILES string of the molecule is CCC(NCc1ccccc1O)c1ccc(Cl)cc1. The van der Waals surface area contributed by atoms with Gasteiger partial charge in [-0.15, -0.1) is 0 Å². The highest BCUT2D eigenvalue weighted by molar-refractivity contribution is 6.30. The lowest BCUT2D eigenvalue weighted by Gasteiger charge is -2.18. The maximum absolute atomic E-state index is 9.75. The molecule has 2 nitrogen and oxygen atoms in total. The summed E-state index contributed by atoms with van der Waals surface area (Å²) in [7, 11) is 0. The second kappa shape index (κ2) is 6.60. The van der Waals surface area contributed by atoms with Crippen molar-refractivity contribution in [3.05, 3.63) is 64.7 Å². The summed E-state index contributed by atoms with van der Waals surface area (Å²) in [5, 5.41) is 14.0. The third-order valence-electron chi connectivity index (χ3n) is 3.21. The Morgan fingerprint density at radius 1 is 1.11 bits per heavy atom. The van der Waals surface area contributed by atoms with Crippen molar-refractivity contribution >= 4 is 11.6 Å². The van der Waals surface area contributed by atoms with Crippen molar-refractivity contribution in [2.75, 3.05) is 0 Å². The maximum Gasteiger partial charge on any atom is 0.120 e. The summed E-state index contributed by atoms with van der Waals surface area (Å²) in [6.45, 7) is 2.78. The van der Waals surface area contributed by atoms with Gasteiger partial charge >= 0.3 is 0 Å². The Hall–Kier alpha value is -1.51. The fourth-order valence-corrected chi connectivity index (χ4v) is 2.21. The first kappa shape index (κ1) is 13.9. The molecular weight excluding hydrogens is 258 g/mol. The Balaban J connectivity index is 2.04. The third kappa shape index (κ3) is 3.72. The van der Waals surface area contributed by atoms with E-state index in [4.69, 9.17) is 11.6 Å². The van der Waals surface area contributed by atoms with Crippen LogP contribution in [0.1, 0.15) is 30.5 Å². The van der Waals surface area contributed by atoms with Gasteiger partial charge in [0.05, 0.1) is 0 Å². The molecule has 0 aromatic heterocycles. The molecule has 0 heterocycles. The number of hydrogen-bond acceptors (Lipinski definition) is 2. The summed E-state index contributed by atoms with van der Waals surface area (Å²) in [6.07, 6.45) is 0.981. The minimum absolute atomic E-state index is 0.261. The monoisotopic (exact) mass is 275 g/mol.